The van der Waals surface area contributed by atoms with Gasteiger partial charge >= 0.3 is 0 Å². The van der Waals surface area contributed by atoms with Gasteiger partial charge in [0.1, 0.15) is 17.9 Å². The number of hydrogen-bond donors (Lipinski definition) is 1. The van der Waals surface area contributed by atoms with Crippen molar-refractivity contribution in [3.05, 3.63) is 93.2 Å². The van der Waals surface area contributed by atoms with Crippen molar-refractivity contribution in [3.8, 4) is 23.3 Å². The van der Waals surface area contributed by atoms with Gasteiger partial charge in [-0.15, -0.1) is 0 Å². The fourth-order valence-electron chi connectivity index (χ4n) is 3.41. The zero-order chi connectivity index (χ0) is 25.3. The number of para-hydroxylation sites is 1. The molecule has 3 aromatic carbocycles. The lowest BCUT2D eigenvalue weighted by Gasteiger charge is -2.14. The summed E-state index contributed by atoms with van der Waals surface area (Å²) in [6, 6.07) is 22.3. The number of fused-ring (bicyclic) bond motifs is 1. The number of nitrogens with one attached hydrogen (secondary N) is 1. The molecule has 9 heteroatoms. The van der Waals surface area contributed by atoms with Gasteiger partial charge < -0.3 is 14.2 Å². The molecule has 0 radical (unpaired) electrons. The van der Waals surface area contributed by atoms with E-state index in [2.05, 4.69) is 44.2 Å². The zero-order valence-electron chi connectivity index (χ0n) is 19.3. The summed E-state index contributed by atoms with van der Waals surface area (Å²) < 4.78 is 17.9. The number of pyridine rings is 1. The molecule has 1 amide bonds. The van der Waals surface area contributed by atoms with Crippen molar-refractivity contribution < 1.29 is 19.0 Å². The molecular formula is C27H21IN4O4. The van der Waals surface area contributed by atoms with Crippen LogP contribution in [0, 0.1) is 14.9 Å². The second-order valence-corrected chi connectivity index (χ2v) is 8.67. The normalized spacial score (nSPS) is 10.7. The van der Waals surface area contributed by atoms with Crippen molar-refractivity contribution in [2.24, 2.45) is 5.10 Å². The summed E-state index contributed by atoms with van der Waals surface area (Å²) >= 11 is 2.14. The highest BCUT2D eigenvalue weighted by atomic mass is 127. The SMILES string of the molecule is COc1cc(/C=N/NC(=O)COc2cccc3cccnc23)cc(I)c1OCc1ccccc1C#N. The van der Waals surface area contributed by atoms with E-state index in [0.717, 1.165) is 14.5 Å². The number of hydrogen-bond acceptors (Lipinski definition) is 7. The highest BCUT2D eigenvalue weighted by Crippen LogP contribution is 2.34. The number of nitriles is 1. The van der Waals surface area contributed by atoms with E-state index in [-0.39, 0.29) is 13.2 Å². The summed E-state index contributed by atoms with van der Waals surface area (Å²) in [5.41, 5.74) is 5.21. The van der Waals surface area contributed by atoms with Gasteiger partial charge in [-0.3, -0.25) is 9.78 Å². The van der Waals surface area contributed by atoms with Crippen molar-refractivity contribution in [1.82, 2.24) is 10.4 Å². The number of benzene rings is 3. The van der Waals surface area contributed by atoms with Crippen LogP contribution in [0.3, 0.4) is 0 Å². The van der Waals surface area contributed by atoms with Crippen LogP contribution in [0.2, 0.25) is 0 Å². The zero-order valence-corrected chi connectivity index (χ0v) is 21.4. The standard InChI is InChI=1S/C27H21IN4O4/c1-34-24-13-18(12-22(28)27(24)36-16-21-7-3-2-6-20(21)14-29)15-31-32-25(33)17-35-23-10-4-8-19-9-5-11-30-26(19)23/h2-13,15H,16-17H2,1H3,(H,32,33)/b31-15+. The third-order valence-electron chi connectivity index (χ3n) is 5.12. The van der Waals surface area contributed by atoms with E-state index in [4.69, 9.17) is 14.2 Å². The number of carbonyl (C=O) groups is 1. The Morgan fingerprint density at radius 1 is 1.11 bits per heavy atom. The molecule has 0 bridgehead atoms. The van der Waals surface area contributed by atoms with Crippen LogP contribution in [-0.2, 0) is 11.4 Å². The Kier molecular flexibility index (Phi) is 8.31. The van der Waals surface area contributed by atoms with Gasteiger partial charge in [0.25, 0.3) is 5.91 Å². The van der Waals surface area contributed by atoms with Crippen LogP contribution in [0.1, 0.15) is 16.7 Å². The fourth-order valence-corrected chi connectivity index (χ4v) is 4.19. The Morgan fingerprint density at radius 3 is 2.78 bits per heavy atom. The fraction of sp³-hybridized carbons (Fsp3) is 0.111. The molecule has 0 spiro atoms. The van der Waals surface area contributed by atoms with Crippen molar-refractivity contribution in [2.75, 3.05) is 13.7 Å². The van der Waals surface area contributed by atoms with E-state index in [9.17, 15) is 10.1 Å². The third kappa shape index (κ3) is 6.09. The van der Waals surface area contributed by atoms with Crippen LogP contribution in [0.4, 0.5) is 0 Å². The molecule has 0 unspecified atom stereocenters. The Bertz CT molecular complexity index is 1460. The molecule has 0 aliphatic carbocycles. The van der Waals surface area contributed by atoms with Gasteiger partial charge in [-0.1, -0.05) is 36.4 Å². The average Bonchev–Trinajstić information content (AvgIpc) is 2.91. The number of carbonyl (C=O) groups excluding carboxylic acids is 1. The molecule has 180 valence electrons. The number of methoxy groups -OCH3 is 1. The number of nitrogens with zero attached hydrogens (tertiary/aromatic N) is 3. The topological polar surface area (TPSA) is 106 Å². The van der Waals surface area contributed by atoms with E-state index in [1.165, 1.54) is 6.21 Å². The van der Waals surface area contributed by atoms with E-state index in [0.29, 0.717) is 33.9 Å². The predicted molar refractivity (Wildman–Crippen MR) is 144 cm³/mol. The first-order valence-corrected chi connectivity index (χ1v) is 11.9. The smallest absolute Gasteiger partial charge is 0.277 e. The van der Waals surface area contributed by atoms with Crippen LogP contribution in [0.15, 0.2) is 78.0 Å². The van der Waals surface area contributed by atoms with Crippen molar-refractivity contribution >= 4 is 45.6 Å². The molecule has 0 saturated heterocycles. The van der Waals surface area contributed by atoms with E-state index in [1.807, 2.05) is 48.5 Å². The maximum atomic E-state index is 12.2. The van der Waals surface area contributed by atoms with Gasteiger partial charge in [-0.05, 0) is 58.5 Å². The lowest BCUT2D eigenvalue weighted by Crippen LogP contribution is -2.24. The maximum absolute atomic E-state index is 12.2. The third-order valence-corrected chi connectivity index (χ3v) is 5.92. The van der Waals surface area contributed by atoms with Crippen LogP contribution in [0.25, 0.3) is 10.9 Å². The second-order valence-electron chi connectivity index (χ2n) is 7.50. The monoisotopic (exact) mass is 592 g/mol. The summed E-state index contributed by atoms with van der Waals surface area (Å²) in [7, 11) is 1.55. The number of aromatic nitrogens is 1. The molecule has 1 heterocycles. The molecule has 0 saturated carbocycles. The number of halogens is 1. The number of rotatable bonds is 9. The minimum absolute atomic E-state index is 0.204. The van der Waals surface area contributed by atoms with Crippen LogP contribution in [-0.4, -0.2) is 30.8 Å². The molecule has 0 aliphatic rings. The lowest BCUT2D eigenvalue weighted by atomic mass is 10.1. The quantitative estimate of drug-likeness (QED) is 0.170. The van der Waals surface area contributed by atoms with Crippen molar-refractivity contribution in [3.63, 3.8) is 0 Å². The summed E-state index contributed by atoms with van der Waals surface area (Å²) in [6.45, 7) is 0.0244. The summed E-state index contributed by atoms with van der Waals surface area (Å²) in [4.78, 5) is 16.5. The van der Waals surface area contributed by atoms with Gasteiger partial charge in [0.15, 0.2) is 18.1 Å². The molecule has 0 aliphatic heterocycles. The molecule has 8 nitrogen and oxygen atoms in total. The molecule has 4 aromatic rings. The maximum Gasteiger partial charge on any atom is 0.277 e. The first-order valence-electron chi connectivity index (χ1n) is 10.9. The number of amides is 1. The lowest BCUT2D eigenvalue weighted by molar-refractivity contribution is -0.123. The second kappa shape index (κ2) is 12.0. The number of ether oxygens (including phenoxy) is 3. The molecule has 36 heavy (non-hydrogen) atoms. The van der Waals surface area contributed by atoms with E-state index in [1.54, 1.807) is 31.5 Å². The van der Waals surface area contributed by atoms with E-state index < -0.39 is 5.91 Å². The average molecular weight is 592 g/mol. The molecule has 0 atom stereocenters. The molecule has 0 fully saturated rings. The van der Waals surface area contributed by atoms with Gasteiger partial charge in [0.05, 0.1) is 28.5 Å². The largest absolute Gasteiger partial charge is 0.493 e. The first-order chi connectivity index (χ1) is 17.6. The van der Waals surface area contributed by atoms with Crippen molar-refractivity contribution in [2.45, 2.75) is 6.61 Å². The minimum atomic E-state index is -0.406. The van der Waals surface area contributed by atoms with Crippen molar-refractivity contribution in [1.29, 1.82) is 5.26 Å². The summed E-state index contributed by atoms with van der Waals surface area (Å²) in [5, 5.41) is 14.2. The number of hydrazone groups is 1. The van der Waals surface area contributed by atoms with Gasteiger partial charge in [0.2, 0.25) is 0 Å². The van der Waals surface area contributed by atoms with Crippen LogP contribution in [0.5, 0.6) is 17.2 Å². The Hall–Kier alpha value is -4.17. The van der Waals surface area contributed by atoms with Crippen LogP contribution >= 0.6 is 22.6 Å². The Morgan fingerprint density at radius 2 is 1.94 bits per heavy atom. The Labute approximate surface area is 221 Å². The molecular weight excluding hydrogens is 571 g/mol. The van der Waals surface area contributed by atoms with Crippen LogP contribution < -0.4 is 19.6 Å². The summed E-state index contributed by atoms with van der Waals surface area (Å²) in [5.74, 6) is 1.19. The molecule has 1 N–H and O–H groups in total. The summed E-state index contributed by atoms with van der Waals surface area (Å²) in [6.07, 6.45) is 3.19. The van der Waals surface area contributed by atoms with Gasteiger partial charge in [-0.2, -0.15) is 10.4 Å². The predicted octanol–water partition coefficient (Wildman–Crippen LogP) is 4.83. The van der Waals surface area contributed by atoms with Gasteiger partial charge in [0, 0.05) is 17.1 Å². The Balaban J connectivity index is 1.37. The molecule has 4 rings (SSSR count). The van der Waals surface area contributed by atoms with E-state index >= 15 is 0 Å². The highest BCUT2D eigenvalue weighted by molar-refractivity contribution is 14.1. The molecule has 1 aromatic heterocycles. The minimum Gasteiger partial charge on any atom is -0.493 e. The highest BCUT2D eigenvalue weighted by Gasteiger charge is 2.13. The first kappa shape index (κ1) is 24.9. The van der Waals surface area contributed by atoms with Gasteiger partial charge in [-0.25, -0.2) is 5.43 Å².